The number of hydrogen-bond acceptors (Lipinski definition) is 3. The predicted octanol–water partition coefficient (Wildman–Crippen LogP) is 4.52. The molecule has 0 aliphatic heterocycles. The van der Waals surface area contributed by atoms with E-state index in [0.717, 1.165) is 5.56 Å². The molecule has 3 rings (SSSR count). The molecule has 0 saturated carbocycles. The number of fused-ring (bicyclic) bond motifs is 1. The first-order chi connectivity index (χ1) is 11.3. The number of ether oxygens (including phenoxy) is 1. The third kappa shape index (κ3) is 2.64. The summed E-state index contributed by atoms with van der Waals surface area (Å²) in [5, 5.41) is 0. The fourth-order valence-electron chi connectivity index (χ4n) is 2.66. The summed E-state index contributed by atoms with van der Waals surface area (Å²) in [5.41, 5.74) is -0.131. The molecule has 0 aromatic heterocycles. The Kier molecular flexibility index (Phi) is 4.25. The zero-order valence-electron chi connectivity index (χ0n) is 11.9. The van der Waals surface area contributed by atoms with Crippen LogP contribution in [0.25, 0.3) is 0 Å². The Bertz CT molecular complexity index is 824. The van der Waals surface area contributed by atoms with E-state index in [1.807, 2.05) is 0 Å². The second-order valence-electron chi connectivity index (χ2n) is 5.26. The number of halogens is 5. The molecule has 1 atom stereocenters. The van der Waals surface area contributed by atoms with Crippen molar-refractivity contribution in [2.75, 3.05) is 0 Å². The van der Waals surface area contributed by atoms with Gasteiger partial charge in [-0.3, -0.25) is 0 Å². The first-order valence-electron chi connectivity index (χ1n) is 6.85. The van der Waals surface area contributed by atoms with E-state index >= 15 is 0 Å². The van der Waals surface area contributed by atoms with E-state index in [1.54, 1.807) is 18.2 Å². The second-order valence-corrected chi connectivity index (χ2v) is 5.78. The van der Waals surface area contributed by atoms with Gasteiger partial charge in [0.2, 0.25) is 5.82 Å². The van der Waals surface area contributed by atoms with E-state index in [-0.39, 0.29) is 0 Å². The van der Waals surface area contributed by atoms with Crippen LogP contribution in [0.1, 0.15) is 34.0 Å². The number of aryl methyl sites for hydroxylation is 1. The van der Waals surface area contributed by atoms with Crippen LogP contribution >= 0.6 is 12.6 Å². The fourth-order valence-corrected chi connectivity index (χ4v) is 2.89. The molecule has 2 aromatic carbocycles. The highest BCUT2D eigenvalue weighted by Gasteiger charge is 2.33. The molecule has 1 unspecified atom stereocenters. The van der Waals surface area contributed by atoms with Crippen LogP contribution in [0, 0.1) is 29.1 Å². The molecular weight excluding hydrogens is 351 g/mol. The van der Waals surface area contributed by atoms with E-state index in [9.17, 15) is 26.7 Å². The van der Waals surface area contributed by atoms with Gasteiger partial charge < -0.3 is 4.74 Å². The maximum absolute atomic E-state index is 13.6. The summed E-state index contributed by atoms with van der Waals surface area (Å²) >= 11 is 4.17. The molecule has 0 spiro atoms. The second kappa shape index (κ2) is 6.08. The van der Waals surface area contributed by atoms with Crippen molar-refractivity contribution in [3.63, 3.8) is 0 Å². The molecule has 2 nitrogen and oxygen atoms in total. The number of hydrogen-bond donors (Lipinski definition) is 1. The topological polar surface area (TPSA) is 26.3 Å². The molecule has 2 aromatic rings. The average molecular weight is 360 g/mol. The van der Waals surface area contributed by atoms with Crippen LogP contribution in [0.2, 0.25) is 0 Å². The van der Waals surface area contributed by atoms with E-state index < -0.39 is 46.7 Å². The highest BCUT2D eigenvalue weighted by Crippen LogP contribution is 2.36. The standard InChI is InChI=1S/C16H9F5O2S/c17-11-10(12(18)14(20)15(21)13(11)19)16(22)23-9-4-1-6-5-7(24)2-3-8(6)9/h2-3,5,9,24H,1,4H2. The highest BCUT2D eigenvalue weighted by atomic mass is 32.1. The van der Waals surface area contributed by atoms with E-state index in [2.05, 4.69) is 12.6 Å². The van der Waals surface area contributed by atoms with Crippen molar-refractivity contribution in [1.29, 1.82) is 0 Å². The number of benzene rings is 2. The normalized spacial score (nSPS) is 16.2. The number of thiol groups is 1. The number of carbonyl (C=O) groups is 1. The van der Waals surface area contributed by atoms with Gasteiger partial charge in [0.25, 0.3) is 0 Å². The van der Waals surface area contributed by atoms with Crippen LogP contribution in [0.3, 0.4) is 0 Å². The van der Waals surface area contributed by atoms with Crippen molar-refractivity contribution >= 4 is 18.6 Å². The summed E-state index contributed by atoms with van der Waals surface area (Å²) in [7, 11) is 0. The van der Waals surface area contributed by atoms with Crippen molar-refractivity contribution in [2.45, 2.75) is 23.8 Å². The van der Waals surface area contributed by atoms with Crippen molar-refractivity contribution in [3.8, 4) is 0 Å². The lowest BCUT2D eigenvalue weighted by atomic mass is 10.1. The molecule has 0 fully saturated rings. The Morgan fingerprint density at radius 1 is 1.00 bits per heavy atom. The first kappa shape index (κ1) is 16.8. The van der Waals surface area contributed by atoms with Gasteiger partial charge in [-0.05, 0) is 36.1 Å². The third-order valence-electron chi connectivity index (χ3n) is 3.81. The monoisotopic (exact) mass is 360 g/mol. The van der Waals surface area contributed by atoms with Gasteiger partial charge in [0, 0.05) is 4.90 Å². The Labute approximate surface area is 138 Å². The quantitative estimate of drug-likeness (QED) is 0.280. The van der Waals surface area contributed by atoms with Crippen LogP contribution < -0.4 is 0 Å². The zero-order valence-corrected chi connectivity index (χ0v) is 12.8. The highest BCUT2D eigenvalue weighted by molar-refractivity contribution is 7.80. The lowest BCUT2D eigenvalue weighted by Gasteiger charge is -2.15. The molecular formula is C16H9F5O2S. The van der Waals surface area contributed by atoms with E-state index in [1.165, 1.54) is 0 Å². The lowest BCUT2D eigenvalue weighted by Crippen LogP contribution is -2.17. The van der Waals surface area contributed by atoms with Crippen molar-refractivity contribution in [2.24, 2.45) is 0 Å². The van der Waals surface area contributed by atoms with Crippen molar-refractivity contribution in [3.05, 3.63) is 64.0 Å². The molecule has 0 N–H and O–H groups in total. The number of rotatable bonds is 2. The Morgan fingerprint density at radius 3 is 2.21 bits per heavy atom. The summed E-state index contributed by atoms with van der Waals surface area (Å²) in [6.07, 6.45) is 0.0587. The summed E-state index contributed by atoms with van der Waals surface area (Å²) in [6.45, 7) is 0. The van der Waals surface area contributed by atoms with E-state index in [4.69, 9.17) is 4.74 Å². The van der Waals surface area contributed by atoms with Crippen LogP contribution in [-0.2, 0) is 11.2 Å². The molecule has 24 heavy (non-hydrogen) atoms. The van der Waals surface area contributed by atoms with Crippen LogP contribution in [0.4, 0.5) is 22.0 Å². The van der Waals surface area contributed by atoms with Gasteiger partial charge >= 0.3 is 5.97 Å². The predicted molar refractivity (Wildman–Crippen MR) is 76.4 cm³/mol. The molecule has 1 aliphatic carbocycles. The number of esters is 1. The SMILES string of the molecule is O=C(OC1CCc2cc(S)ccc21)c1c(F)c(F)c(F)c(F)c1F. The maximum atomic E-state index is 13.6. The van der Waals surface area contributed by atoms with Gasteiger partial charge in [0.15, 0.2) is 23.3 Å². The maximum Gasteiger partial charge on any atom is 0.344 e. The van der Waals surface area contributed by atoms with Gasteiger partial charge in [-0.2, -0.15) is 0 Å². The van der Waals surface area contributed by atoms with Gasteiger partial charge in [0.1, 0.15) is 11.7 Å². The smallest absolute Gasteiger partial charge is 0.344 e. The van der Waals surface area contributed by atoms with Crippen LogP contribution in [0.5, 0.6) is 0 Å². The van der Waals surface area contributed by atoms with Crippen molar-refractivity contribution < 1.29 is 31.5 Å². The van der Waals surface area contributed by atoms with Gasteiger partial charge in [-0.1, -0.05) is 6.07 Å². The Hall–Kier alpha value is -2.09. The van der Waals surface area contributed by atoms with Gasteiger partial charge in [-0.25, -0.2) is 26.7 Å². The summed E-state index contributed by atoms with van der Waals surface area (Å²) in [6, 6.07) is 5.04. The zero-order chi connectivity index (χ0) is 17.6. The summed E-state index contributed by atoms with van der Waals surface area (Å²) < 4.78 is 71.6. The minimum atomic E-state index is -2.32. The minimum absolute atomic E-state index is 0.341. The van der Waals surface area contributed by atoms with E-state index in [0.29, 0.717) is 23.3 Å². The molecule has 0 amide bonds. The molecule has 8 heteroatoms. The van der Waals surface area contributed by atoms with Crippen LogP contribution in [0.15, 0.2) is 23.1 Å². The molecule has 0 radical (unpaired) electrons. The lowest BCUT2D eigenvalue weighted by molar-refractivity contribution is 0.0287. The average Bonchev–Trinajstić information content (AvgIpc) is 2.93. The van der Waals surface area contributed by atoms with Crippen molar-refractivity contribution in [1.82, 2.24) is 0 Å². The van der Waals surface area contributed by atoms with Crippen LogP contribution in [-0.4, -0.2) is 5.97 Å². The summed E-state index contributed by atoms with van der Waals surface area (Å²) in [4.78, 5) is 12.7. The molecule has 1 aliphatic rings. The molecule has 0 saturated heterocycles. The Morgan fingerprint density at radius 2 is 1.58 bits per heavy atom. The number of carbonyl (C=O) groups excluding carboxylic acids is 1. The first-order valence-corrected chi connectivity index (χ1v) is 7.30. The van der Waals surface area contributed by atoms with Gasteiger partial charge in [0.05, 0.1) is 0 Å². The minimum Gasteiger partial charge on any atom is -0.454 e. The molecule has 0 bridgehead atoms. The molecule has 126 valence electrons. The Balaban J connectivity index is 1.93. The van der Waals surface area contributed by atoms with Gasteiger partial charge in [-0.15, -0.1) is 12.6 Å². The largest absolute Gasteiger partial charge is 0.454 e. The molecule has 0 heterocycles. The third-order valence-corrected chi connectivity index (χ3v) is 4.09. The summed E-state index contributed by atoms with van der Waals surface area (Å²) in [5.74, 6) is -12.7. The fraction of sp³-hybridized carbons (Fsp3) is 0.188.